The summed E-state index contributed by atoms with van der Waals surface area (Å²) >= 11 is 0. The van der Waals surface area contributed by atoms with E-state index in [1.807, 2.05) is 0 Å². The summed E-state index contributed by atoms with van der Waals surface area (Å²) < 4.78 is 0. The molecule has 1 rings (SSSR count). The molecule has 1 heterocycles. The monoisotopic (exact) mass is 210 g/mol. The zero-order chi connectivity index (χ0) is 11.1. The molecule has 0 saturated carbocycles. The van der Waals surface area contributed by atoms with Crippen LogP contribution in [0.3, 0.4) is 0 Å². The summed E-state index contributed by atoms with van der Waals surface area (Å²) in [7, 11) is 0. The number of carbonyl (C=O) groups excluding carboxylic acids is 1. The lowest BCUT2D eigenvalue weighted by atomic mass is 10.3. The summed E-state index contributed by atoms with van der Waals surface area (Å²) in [6.45, 7) is 3.94. The summed E-state index contributed by atoms with van der Waals surface area (Å²) in [5, 5.41) is 6.43. The molecule has 5 nitrogen and oxygen atoms in total. The van der Waals surface area contributed by atoms with Crippen molar-refractivity contribution < 1.29 is 4.79 Å². The predicted molar refractivity (Wildman–Crippen MR) is 58.5 cm³/mol. The topological polar surface area (TPSA) is 75.0 Å². The summed E-state index contributed by atoms with van der Waals surface area (Å²) in [5.41, 5.74) is 6.00. The van der Waals surface area contributed by atoms with E-state index in [4.69, 9.17) is 5.73 Å². The Morgan fingerprint density at radius 3 is 2.93 bits per heavy atom. The highest BCUT2D eigenvalue weighted by Gasteiger charge is 2.15. The number of hydrogen-bond donors (Lipinski definition) is 2. The smallest absolute Gasteiger partial charge is 0.271 e. The molecule has 0 spiro atoms. The van der Waals surface area contributed by atoms with Gasteiger partial charge in [-0.3, -0.25) is 9.89 Å². The minimum atomic E-state index is -0.0219. The first-order valence-electron chi connectivity index (χ1n) is 5.28. The lowest BCUT2D eigenvalue weighted by Crippen LogP contribution is -2.36. The molecule has 0 aromatic carbocycles. The van der Waals surface area contributed by atoms with Crippen LogP contribution in [0.25, 0.3) is 0 Å². The Bertz CT molecular complexity index is 284. The third-order valence-corrected chi connectivity index (χ3v) is 2.20. The number of unbranched alkanes of at least 4 members (excludes halogenated alkanes) is 1. The van der Waals surface area contributed by atoms with Gasteiger partial charge < -0.3 is 10.6 Å². The number of carbonyl (C=O) groups is 1. The number of nitrogens with zero attached hydrogens (tertiary/aromatic N) is 2. The second kappa shape index (κ2) is 6.19. The Hall–Kier alpha value is -1.36. The minimum Gasteiger partial charge on any atom is -0.336 e. The van der Waals surface area contributed by atoms with Crippen molar-refractivity contribution in [3.63, 3.8) is 0 Å². The van der Waals surface area contributed by atoms with Crippen LogP contribution in [0.5, 0.6) is 0 Å². The molecule has 5 heteroatoms. The molecule has 0 radical (unpaired) electrons. The molecule has 1 amide bonds. The molecule has 3 N–H and O–H groups in total. The van der Waals surface area contributed by atoms with Crippen LogP contribution < -0.4 is 5.73 Å². The van der Waals surface area contributed by atoms with Crippen LogP contribution in [0, 0.1) is 0 Å². The van der Waals surface area contributed by atoms with Gasteiger partial charge in [0, 0.05) is 25.8 Å². The Labute approximate surface area is 89.6 Å². The number of amides is 1. The van der Waals surface area contributed by atoms with Gasteiger partial charge in [-0.05, 0) is 12.5 Å². The second-order valence-electron chi connectivity index (χ2n) is 3.40. The fourth-order valence-electron chi connectivity index (χ4n) is 1.37. The molecule has 0 atom stereocenters. The first kappa shape index (κ1) is 11.7. The van der Waals surface area contributed by atoms with Gasteiger partial charge >= 0.3 is 0 Å². The van der Waals surface area contributed by atoms with Crippen LogP contribution >= 0.6 is 0 Å². The molecule has 0 aliphatic carbocycles. The van der Waals surface area contributed by atoms with E-state index < -0.39 is 0 Å². The maximum Gasteiger partial charge on any atom is 0.271 e. The molecule has 0 aliphatic heterocycles. The largest absolute Gasteiger partial charge is 0.336 e. The Morgan fingerprint density at radius 1 is 1.60 bits per heavy atom. The van der Waals surface area contributed by atoms with Crippen LogP contribution in [0.2, 0.25) is 0 Å². The van der Waals surface area contributed by atoms with Gasteiger partial charge in [0.15, 0.2) is 0 Å². The van der Waals surface area contributed by atoms with Crippen LogP contribution in [0.4, 0.5) is 0 Å². The number of rotatable bonds is 6. The summed E-state index contributed by atoms with van der Waals surface area (Å²) in [6.07, 6.45) is 3.64. The first-order chi connectivity index (χ1) is 7.29. The zero-order valence-electron chi connectivity index (χ0n) is 9.07. The van der Waals surface area contributed by atoms with Gasteiger partial charge in [0.05, 0.1) is 0 Å². The predicted octanol–water partition coefficient (Wildman–Crippen LogP) is 0.611. The van der Waals surface area contributed by atoms with E-state index in [0.29, 0.717) is 18.8 Å². The highest BCUT2D eigenvalue weighted by Crippen LogP contribution is 2.02. The molecule has 0 unspecified atom stereocenters. The number of H-pyrrole nitrogens is 1. The lowest BCUT2D eigenvalue weighted by molar-refractivity contribution is 0.0752. The Kier molecular flexibility index (Phi) is 4.83. The number of nitrogens with one attached hydrogen (secondary N) is 1. The van der Waals surface area contributed by atoms with Gasteiger partial charge in [-0.1, -0.05) is 13.3 Å². The van der Waals surface area contributed by atoms with E-state index in [1.54, 1.807) is 17.2 Å². The molecule has 0 fully saturated rings. The van der Waals surface area contributed by atoms with Crippen LogP contribution in [-0.2, 0) is 0 Å². The fraction of sp³-hybridized carbons (Fsp3) is 0.600. The maximum atomic E-state index is 11.9. The molecule has 0 bridgehead atoms. The van der Waals surface area contributed by atoms with E-state index >= 15 is 0 Å². The van der Waals surface area contributed by atoms with Gasteiger partial charge in [-0.25, -0.2) is 0 Å². The minimum absolute atomic E-state index is 0.0219. The molecule has 84 valence electrons. The number of hydrogen-bond acceptors (Lipinski definition) is 3. The van der Waals surface area contributed by atoms with Crippen molar-refractivity contribution in [3.8, 4) is 0 Å². The first-order valence-corrected chi connectivity index (χ1v) is 5.28. The maximum absolute atomic E-state index is 11.9. The normalized spacial score (nSPS) is 10.3. The Balaban J connectivity index is 2.58. The standard InChI is InChI=1S/C10H18N4O/c1-2-3-7-14(8-5-11)10(15)9-4-6-12-13-9/h4,6H,2-3,5,7-8,11H2,1H3,(H,12,13). The van der Waals surface area contributed by atoms with Crippen LogP contribution in [0.15, 0.2) is 12.3 Å². The van der Waals surface area contributed by atoms with E-state index in [1.165, 1.54) is 0 Å². The number of aromatic amines is 1. The van der Waals surface area contributed by atoms with Crippen molar-refractivity contribution in [1.82, 2.24) is 15.1 Å². The molecular formula is C10H18N4O. The van der Waals surface area contributed by atoms with E-state index in [2.05, 4.69) is 17.1 Å². The van der Waals surface area contributed by atoms with Crippen molar-refractivity contribution in [1.29, 1.82) is 0 Å². The average Bonchev–Trinajstić information content (AvgIpc) is 2.76. The number of aromatic nitrogens is 2. The van der Waals surface area contributed by atoms with E-state index in [9.17, 15) is 4.79 Å². The van der Waals surface area contributed by atoms with Crippen molar-refractivity contribution in [2.24, 2.45) is 5.73 Å². The third kappa shape index (κ3) is 3.36. The quantitative estimate of drug-likeness (QED) is 0.722. The van der Waals surface area contributed by atoms with Gasteiger partial charge in [-0.15, -0.1) is 0 Å². The zero-order valence-corrected chi connectivity index (χ0v) is 9.07. The van der Waals surface area contributed by atoms with Gasteiger partial charge in [0.1, 0.15) is 5.69 Å². The summed E-state index contributed by atoms with van der Waals surface area (Å²) in [5.74, 6) is -0.0219. The van der Waals surface area contributed by atoms with Crippen molar-refractivity contribution in [3.05, 3.63) is 18.0 Å². The van der Waals surface area contributed by atoms with Crippen molar-refractivity contribution in [2.75, 3.05) is 19.6 Å². The SMILES string of the molecule is CCCCN(CCN)C(=O)c1ccn[nH]1. The molecule has 1 aromatic rings. The third-order valence-electron chi connectivity index (χ3n) is 2.20. The molecular weight excluding hydrogens is 192 g/mol. The van der Waals surface area contributed by atoms with Gasteiger partial charge in [0.2, 0.25) is 0 Å². The molecule has 1 aromatic heterocycles. The van der Waals surface area contributed by atoms with Gasteiger partial charge in [0.25, 0.3) is 5.91 Å². The lowest BCUT2D eigenvalue weighted by Gasteiger charge is -2.20. The van der Waals surface area contributed by atoms with Gasteiger partial charge in [-0.2, -0.15) is 5.10 Å². The number of nitrogens with two attached hydrogens (primary N) is 1. The van der Waals surface area contributed by atoms with Crippen molar-refractivity contribution >= 4 is 5.91 Å². The second-order valence-corrected chi connectivity index (χ2v) is 3.40. The molecule has 0 saturated heterocycles. The average molecular weight is 210 g/mol. The van der Waals surface area contributed by atoms with E-state index in [0.717, 1.165) is 19.4 Å². The summed E-state index contributed by atoms with van der Waals surface area (Å²) in [6, 6.07) is 1.68. The molecule has 0 aliphatic rings. The van der Waals surface area contributed by atoms with Crippen LogP contribution in [0.1, 0.15) is 30.3 Å². The fourth-order valence-corrected chi connectivity index (χ4v) is 1.37. The highest BCUT2D eigenvalue weighted by molar-refractivity contribution is 5.92. The highest BCUT2D eigenvalue weighted by atomic mass is 16.2. The molecule has 15 heavy (non-hydrogen) atoms. The summed E-state index contributed by atoms with van der Waals surface area (Å²) in [4.78, 5) is 13.7. The van der Waals surface area contributed by atoms with Crippen LogP contribution in [-0.4, -0.2) is 40.6 Å². The Morgan fingerprint density at radius 2 is 2.40 bits per heavy atom. The van der Waals surface area contributed by atoms with Crippen molar-refractivity contribution in [2.45, 2.75) is 19.8 Å². The van der Waals surface area contributed by atoms with E-state index in [-0.39, 0.29) is 5.91 Å².